The van der Waals surface area contributed by atoms with Gasteiger partial charge in [0.25, 0.3) is 0 Å². The molecule has 2 heteroatoms. The molecular formula is C17H27NO. The van der Waals surface area contributed by atoms with Gasteiger partial charge in [0.15, 0.2) is 0 Å². The van der Waals surface area contributed by atoms with Gasteiger partial charge < -0.3 is 10.1 Å². The van der Waals surface area contributed by atoms with E-state index in [2.05, 4.69) is 43.4 Å². The maximum absolute atomic E-state index is 5.19. The molecular weight excluding hydrogens is 234 g/mol. The summed E-state index contributed by atoms with van der Waals surface area (Å²) in [5.74, 6) is 1.64. The van der Waals surface area contributed by atoms with Gasteiger partial charge in [0.2, 0.25) is 0 Å². The molecule has 19 heavy (non-hydrogen) atoms. The van der Waals surface area contributed by atoms with Crippen LogP contribution in [-0.4, -0.2) is 13.2 Å². The first-order valence-corrected chi connectivity index (χ1v) is 7.51. The van der Waals surface area contributed by atoms with Crippen LogP contribution in [0.2, 0.25) is 0 Å². The Morgan fingerprint density at radius 2 is 2.00 bits per heavy atom. The van der Waals surface area contributed by atoms with Gasteiger partial charge in [-0.25, -0.2) is 0 Å². The largest absolute Gasteiger partial charge is 0.380 e. The third kappa shape index (κ3) is 4.05. The van der Waals surface area contributed by atoms with Gasteiger partial charge >= 0.3 is 0 Å². The molecule has 0 heterocycles. The average Bonchev–Trinajstić information content (AvgIpc) is 2.41. The van der Waals surface area contributed by atoms with Gasteiger partial charge in [-0.1, -0.05) is 51.0 Å². The number of hydrogen-bond acceptors (Lipinski definition) is 2. The van der Waals surface area contributed by atoms with Gasteiger partial charge in [-0.15, -0.1) is 0 Å². The lowest BCUT2D eigenvalue weighted by molar-refractivity contribution is 0.184. The molecule has 3 unspecified atom stereocenters. The van der Waals surface area contributed by atoms with Gasteiger partial charge in [-0.2, -0.15) is 0 Å². The van der Waals surface area contributed by atoms with E-state index in [9.17, 15) is 0 Å². The Morgan fingerprint density at radius 1 is 1.21 bits per heavy atom. The van der Waals surface area contributed by atoms with Crippen molar-refractivity contribution >= 4 is 0 Å². The molecule has 1 aromatic carbocycles. The van der Waals surface area contributed by atoms with E-state index in [1.807, 2.05) is 0 Å². The lowest BCUT2D eigenvalue weighted by atomic mass is 9.78. The minimum absolute atomic E-state index is 0.676. The van der Waals surface area contributed by atoms with E-state index in [4.69, 9.17) is 4.74 Å². The van der Waals surface area contributed by atoms with Crippen molar-refractivity contribution < 1.29 is 4.74 Å². The van der Waals surface area contributed by atoms with Crippen molar-refractivity contribution in [3.05, 3.63) is 35.4 Å². The van der Waals surface area contributed by atoms with E-state index in [0.29, 0.717) is 12.6 Å². The zero-order valence-corrected chi connectivity index (χ0v) is 12.5. The predicted molar refractivity (Wildman–Crippen MR) is 80.0 cm³/mol. The Labute approximate surface area is 117 Å². The standard InChI is InChI=1S/C17H27NO/c1-13-6-4-9-17(14(13)2)18-11-15-7-5-8-16(10-15)12-19-3/h5,7-8,10,13-14,17-18H,4,6,9,11-12H2,1-3H3. The lowest BCUT2D eigenvalue weighted by Gasteiger charge is -2.34. The first kappa shape index (κ1) is 14.5. The molecule has 3 atom stereocenters. The molecule has 2 nitrogen and oxygen atoms in total. The normalized spacial score (nSPS) is 27.4. The van der Waals surface area contributed by atoms with Crippen molar-refractivity contribution in [3.63, 3.8) is 0 Å². The van der Waals surface area contributed by atoms with E-state index in [-0.39, 0.29) is 0 Å². The first-order valence-electron chi connectivity index (χ1n) is 7.51. The van der Waals surface area contributed by atoms with Crippen molar-refractivity contribution in [1.82, 2.24) is 5.32 Å². The third-order valence-corrected chi connectivity index (χ3v) is 4.58. The molecule has 1 fully saturated rings. The molecule has 1 aromatic rings. The van der Waals surface area contributed by atoms with Gasteiger partial charge in [0.05, 0.1) is 6.61 Å². The van der Waals surface area contributed by atoms with Crippen LogP contribution in [0.1, 0.15) is 44.2 Å². The summed E-state index contributed by atoms with van der Waals surface area (Å²) < 4.78 is 5.19. The smallest absolute Gasteiger partial charge is 0.0713 e. The Bertz CT molecular complexity index is 391. The van der Waals surface area contributed by atoms with E-state index in [1.54, 1.807) is 7.11 Å². The summed E-state index contributed by atoms with van der Waals surface area (Å²) in [5, 5.41) is 3.75. The van der Waals surface area contributed by atoms with E-state index in [0.717, 1.165) is 18.4 Å². The summed E-state index contributed by atoms with van der Waals surface area (Å²) in [6.07, 6.45) is 4.08. The molecule has 0 amide bonds. The summed E-state index contributed by atoms with van der Waals surface area (Å²) in [7, 11) is 1.75. The van der Waals surface area contributed by atoms with Crippen LogP contribution in [0.3, 0.4) is 0 Å². The fourth-order valence-corrected chi connectivity index (χ4v) is 3.12. The molecule has 0 saturated heterocycles. The summed E-state index contributed by atoms with van der Waals surface area (Å²) in [6.45, 7) is 6.45. The number of ether oxygens (including phenoxy) is 1. The second-order valence-electron chi connectivity index (χ2n) is 6.01. The molecule has 2 rings (SSSR count). The van der Waals surface area contributed by atoms with Gasteiger partial charge in [-0.3, -0.25) is 0 Å². The fourth-order valence-electron chi connectivity index (χ4n) is 3.12. The number of methoxy groups -OCH3 is 1. The van der Waals surface area contributed by atoms with Crippen molar-refractivity contribution in [1.29, 1.82) is 0 Å². The number of benzene rings is 1. The Kier molecular flexibility index (Phi) is 5.41. The minimum atomic E-state index is 0.676. The molecule has 0 radical (unpaired) electrons. The van der Waals surface area contributed by atoms with Crippen LogP contribution in [0.15, 0.2) is 24.3 Å². The lowest BCUT2D eigenvalue weighted by Crippen LogP contribution is -2.40. The predicted octanol–water partition coefficient (Wildman–Crippen LogP) is 3.75. The Balaban J connectivity index is 1.89. The van der Waals surface area contributed by atoms with Gasteiger partial charge in [-0.05, 0) is 29.4 Å². The van der Waals surface area contributed by atoms with Crippen molar-refractivity contribution in [3.8, 4) is 0 Å². The highest BCUT2D eigenvalue weighted by molar-refractivity contribution is 5.23. The number of nitrogens with one attached hydrogen (secondary N) is 1. The van der Waals surface area contributed by atoms with Crippen LogP contribution >= 0.6 is 0 Å². The second kappa shape index (κ2) is 7.06. The summed E-state index contributed by atoms with van der Waals surface area (Å²) in [6, 6.07) is 9.36. The van der Waals surface area contributed by atoms with Crippen LogP contribution in [0.25, 0.3) is 0 Å². The molecule has 1 saturated carbocycles. The monoisotopic (exact) mass is 261 g/mol. The Morgan fingerprint density at radius 3 is 2.79 bits per heavy atom. The van der Waals surface area contributed by atoms with E-state index >= 15 is 0 Å². The second-order valence-corrected chi connectivity index (χ2v) is 6.01. The molecule has 0 aromatic heterocycles. The number of rotatable bonds is 5. The average molecular weight is 261 g/mol. The molecule has 0 aliphatic heterocycles. The highest BCUT2D eigenvalue weighted by Crippen LogP contribution is 2.29. The Hall–Kier alpha value is -0.860. The first-order chi connectivity index (χ1) is 9.20. The molecule has 1 N–H and O–H groups in total. The molecule has 0 spiro atoms. The van der Waals surface area contributed by atoms with E-state index < -0.39 is 0 Å². The summed E-state index contributed by atoms with van der Waals surface area (Å²) in [5.41, 5.74) is 2.62. The van der Waals surface area contributed by atoms with Crippen LogP contribution < -0.4 is 5.32 Å². The molecule has 1 aliphatic carbocycles. The quantitative estimate of drug-likeness (QED) is 0.871. The third-order valence-electron chi connectivity index (χ3n) is 4.58. The zero-order chi connectivity index (χ0) is 13.7. The SMILES string of the molecule is COCc1cccc(CNC2CCCC(C)C2C)c1. The maximum atomic E-state index is 5.19. The highest BCUT2D eigenvalue weighted by Gasteiger charge is 2.26. The van der Waals surface area contributed by atoms with Crippen LogP contribution in [0.4, 0.5) is 0 Å². The van der Waals surface area contributed by atoms with Crippen molar-refractivity contribution in [2.45, 2.75) is 52.3 Å². The topological polar surface area (TPSA) is 21.3 Å². The van der Waals surface area contributed by atoms with Crippen LogP contribution in [-0.2, 0) is 17.9 Å². The molecule has 106 valence electrons. The minimum Gasteiger partial charge on any atom is -0.380 e. The van der Waals surface area contributed by atoms with E-state index in [1.165, 1.54) is 30.4 Å². The van der Waals surface area contributed by atoms with Crippen molar-refractivity contribution in [2.24, 2.45) is 11.8 Å². The van der Waals surface area contributed by atoms with Gasteiger partial charge in [0, 0.05) is 19.7 Å². The summed E-state index contributed by atoms with van der Waals surface area (Å²) in [4.78, 5) is 0. The maximum Gasteiger partial charge on any atom is 0.0713 e. The molecule has 0 bridgehead atoms. The summed E-state index contributed by atoms with van der Waals surface area (Å²) >= 11 is 0. The van der Waals surface area contributed by atoms with Crippen LogP contribution in [0, 0.1) is 11.8 Å². The van der Waals surface area contributed by atoms with Gasteiger partial charge in [0.1, 0.15) is 0 Å². The van der Waals surface area contributed by atoms with Crippen molar-refractivity contribution in [2.75, 3.05) is 7.11 Å². The number of hydrogen-bond donors (Lipinski definition) is 1. The highest BCUT2D eigenvalue weighted by atomic mass is 16.5. The fraction of sp³-hybridized carbons (Fsp3) is 0.647. The van der Waals surface area contributed by atoms with Crippen LogP contribution in [0.5, 0.6) is 0 Å². The zero-order valence-electron chi connectivity index (χ0n) is 12.5. The molecule has 1 aliphatic rings.